The number of rotatable bonds is 15. The molecule has 310 valence electrons. The van der Waals surface area contributed by atoms with Crippen LogP contribution in [0, 0.1) is 6.92 Å². The summed E-state index contributed by atoms with van der Waals surface area (Å²) in [6.07, 6.45) is 0.111. The van der Waals surface area contributed by atoms with E-state index in [1.807, 2.05) is 4.72 Å². The molecule has 59 heavy (non-hydrogen) atoms. The van der Waals surface area contributed by atoms with E-state index < -0.39 is 54.5 Å². The van der Waals surface area contributed by atoms with Gasteiger partial charge in [0, 0.05) is 17.8 Å². The normalized spacial score (nSPS) is 13.2. The molecule has 5 aromatic rings. The van der Waals surface area contributed by atoms with Crippen molar-refractivity contribution in [2.75, 3.05) is 43.6 Å². The molecule has 0 aromatic heterocycles. The highest BCUT2D eigenvalue weighted by Crippen LogP contribution is 2.42. The van der Waals surface area contributed by atoms with Crippen LogP contribution in [0.3, 0.4) is 0 Å². The summed E-state index contributed by atoms with van der Waals surface area (Å²) in [5, 5.41) is 9.63. The summed E-state index contributed by atoms with van der Waals surface area (Å²) >= 11 is 0. The number of anilines is 2. The van der Waals surface area contributed by atoms with Crippen molar-refractivity contribution in [3.05, 3.63) is 126 Å². The second kappa shape index (κ2) is 16.9. The van der Waals surface area contributed by atoms with Crippen LogP contribution in [0.15, 0.2) is 124 Å². The predicted octanol–water partition coefficient (Wildman–Crippen LogP) is 4.04. The monoisotopic (exact) mass is 864 g/mol. The number of carbonyl (C=O) groups is 2. The van der Waals surface area contributed by atoms with Gasteiger partial charge in [-0.1, -0.05) is 24.3 Å². The number of nitrogens with zero attached hydrogens (tertiary/aromatic N) is 2. The molecule has 2 amide bonds. The zero-order chi connectivity index (χ0) is 42.7. The Bertz CT molecular complexity index is 2730. The van der Waals surface area contributed by atoms with Crippen LogP contribution in [0.4, 0.5) is 11.4 Å². The van der Waals surface area contributed by atoms with Crippen LogP contribution in [0.2, 0.25) is 0 Å². The van der Waals surface area contributed by atoms with Crippen molar-refractivity contribution in [1.29, 1.82) is 0 Å². The van der Waals surface area contributed by atoms with Crippen LogP contribution in [0.1, 0.15) is 22.7 Å². The molecule has 1 heterocycles. The van der Waals surface area contributed by atoms with Gasteiger partial charge in [0.15, 0.2) is 0 Å². The van der Waals surface area contributed by atoms with Crippen molar-refractivity contribution in [3.63, 3.8) is 0 Å². The van der Waals surface area contributed by atoms with Crippen LogP contribution in [0.25, 0.3) is 0 Å². The van der Waals surface area contributed by atoms with Gasteiger partial charge in [-0.15, -0.1) is 0 Å². The number of sulfonamides is 3. The zero-order valence-electron chi connectivity index (χ0n) is 32.1. The minimum absolute atomic E-state index is 0.000173. The van der Waals surface area contributed by atoms with Gasteiger partial charge in [0.25, 0.3) is 41.9 Å². The van der Waals surface area contributed by atoms with Gasteiger partial charge < -0.3 is 24.2 Å². The Kier molecular flexibility index (Phi) is 12.1. The van der Waals surface area contributed by atoms with E-state index in [1.165, 1.54) is 69.9 Å². The van der Waals surface area contributed by atoms with Crippen molar-refractivity contribution in [1.82, 2.24) is 9.44 Å². The minimum atomic E-state index is -4.62. The number of hydrogen-bond donors (Lipinski definition) is 3. The van der Waals surface area contributed by atoms with Gasteiger partial charge in [-0.3, -0.25) is 13.9 Å². The third kappa shape index (κ3) is 8.91. The van der Waals surface area contributed by atoms with Gasteiger partial charge in [-0.05, 0) is 109 Å². The highest BCUT2D eigenvalue weighted by Gasteiger charge is 2.39. The first kappa shape index (κ1) is 42.3. The van der Waals surface area contributed by atoms with E-state index in [0.717, 1.165) is 34.1 Å². The van der Waals surface area contributed by atoms with Crippen molar-refractivity contribution in [3.8, 4) is 23.0 Å². The molecule has 1 unspecified atom stereocenters. The maximum atomic E-state index is 14.5. The number of hydrogen-bond acceptors (Lipinski definition) is 13. The third-order valence-corrected chi connectivity index (χ3v) is 14.0. The fraction of sp³-hybridized carbons (Fsp3) is 0.200. The number of fused-ring (bicyclic) bond motifs is 1. The maximum Gasteiger partial charge on any atom is 0.267 e. The Morgan fingerprint density at radius 2 is 1.41 bits per heavy atom. The molecular weight excluding hydrogens is 825 g/mol. The summed E-state index contributed by atoms with van der Waals surface area (Å²) in [7, 11) is -9.49. The van der Waals surface area contributed by atoms with Crippen LogP contribution in [-0.4, -0.2) is 76.6 Å². The Morgan fingerprint density at radius 3 is 2.07 bits per heavy atom. The van der Waals surface area contributed by atoms with Crippen LogP contribution >= 0.6 is 0 Å². The zero-order valence-corrected chi connectivity index (χ0v) is 34.6. The van der Waals surface area contributed by atoms with E-state index in [-0.39, 0.29) is 44.8 Å². The lowest BCUT2D eigenvalue weighted by atomic mass is 10.0. The molecule has 3 N–H and O–H groups in total. The van der Waals surface area contributed by atoms with E-state index in [2.05, 4.69) is 4.72 Å². The van der Waals surface area contributed by atoms with E-state index in [9.17, 15) is 39.9 Å². The van der Waals surface area contributed by atoms with Crippen molar-refractivity contribution in [2.24, 2.45) is 0 Å². The Morgan fingerprint density at radius 1 is 0.746 bits per heavy atom. The average Bonchev–Trinajstić information content (AvgIpc) is 3.63. The van der Waals surface area contributed by atoms with E-state index >= 15 is 0 Å². The second-order valence-corrected chi connectivity index (χ2v) is 18.4. The maximum absolute atomic E-state index is 14.5. The number of carbonyl (C=O) groups excluding carboxylic acids is 2. The summed E-state index contributed by atoms with van der Waals surface area (Å²) in [4.78, 5) is 28.7. The van der Waals surface area contributed by atoms with E-state index in [0.29, 0.717) is 28.3 Å². The van der Waals surface area contributed by atoms with E-state index in [1.54, 1.807) is 48.2 Å². The Labute approximate surface area is 342 Å². The smallest absolute Gasteiger partial charge is 0.267 e. The molecule has 0 spiro atoms. The fourth-order valence-electron chi connectivity index (χ4n) is 6.64. The van der Waals surface area contributed by atoms with Gasteiger partial charge in [0.1, 0.15) is 40.5 Å². The van der Waals surface area contributed by atoms with Gasteiger partial charge in [-0.25, -0.2) is 34.7 Å². The largest absolute Gasteiger partial charge is 0.508 e. The van der Waals surface area contributed by atoms with Crippen molar-refractivity contribution >= 4 is 53.3 Å². The number of phenols is 1. The molecule has 0 radical (unpaired) electrons. The molecule has 0 saturated carbocycles. The third-order valence-electron chi connectivity index (χ3n) is 9.45. The quantitative estimate of drug-likeness (QED) is 0.136. The number of aryl methyl sites for hydroxylation is 1. The lowest BCUT2D eigenvalue weighted by Crippen LogP contribution is -2.43. The fourth-order valence-corrected chi connectivity index (χ4v) is 10.2. The lowest BCUT2D eigenvalue weighted by molar-refractivity contribution is -0.121. The summed E-state index contributed by atoms with van der Waals surface area (Å²) < 4.78 is 104. The molecule has 16 nitrogen and oxygen atoms in total. The first-order chi connectivity index (χ1) is 28.0. The molecule has 19 heteroatoms. The average molecular weight is 865 g/mol. The molecule has 6 rings (SSSR count). The molecule has 0 fully saturated rings. The van der Waals surface area contributed by atoms with Crippen LogP contribution in [-0.2, 0) is 46.1 Å². The second-order valence-electron chi connectivity index (χ2n) is 13.2. The molecule has 1 aliphatic heterocycles. The standard InChI is InChI=1S/C40H40N4O12S3/c1-26-11-20-37(36(23-26)56-4)58(50,51)42-40(47)39(27-7-5-8-30(24-27)55-3)43-22-21-33-34(43)9-6-10-35(33)44(59(52,53)32-18-14-29(54-2)15-19-32)25-38(46)41-57(48,49)31-16-12-28(45)13-17-31/h5-20,23-24,39,45H,21-22,25H2,1-4H3,(H,41,46)(H,42,47). The molecule has 5 aromatic carbocycles. The van der Waals surface area contributed by atoms with Gasteiger partial charge in [0.2, 0.25) is 0 Å². The molecule has 0 bridgehead atoms. The van der Waals surface area contributed by atoms with E-state index in [4.69, 9.17) is 14.2 Å². The SMILES string of the molecule is COc1ccc(S(=O)(=O)N(CC(=O)NS(=O)(=O)c2ccc(O)cc2)c2cccc3c2CCN3C(C(=O)NS(=O)(=O)c2ccc(C)cc2OC)c2cccc(OC)c2)cc1. The number of amides is 2. The molecular formula is C40H40N4O12S3. The minimum Gasteiger partial charge on any atom is -0.508 e. The van der Waals surface area contributed by atoms with Crippen molar-refractivity contribution in [2.45, 2.75) is 34.1 Å². The number of phenolic OH excluding ortho intramolecular Hbond substituents is 1. The summed E-state index contributed by atoms with van der Waals surface area (Å²) in [5.41, 5.74) is 1.77. The molecule has 1 aliphatic rings. The molecule has 0 aliphatic carbocycles. The lowest BCUT2D eigenvalue weighted by Gasteiger charge is -2.31. The molecule has 1 atom stereocenters. The Hall–Kier alpha value is -6.31. The topological polar surface area (TPSA) is 215 Å². The summed E-state index contributed by atoms with van der Waals surface area (Å²) in [5.74, 6) is -1.60. The van der Waals surface area contributed by atoms with Gasteiger partial charge in [0.05, 0.1) is 36.8 Å². The van der Waals surface area contributed by atoms with Gasteiger partial charge >= 0.3 is 0 Å². The summed E-state index contributed by atoms with van der Waals surface area (Å²) in [6, 6.07) is 23.9. The molecule has 0 saturated heterocycles. The number of benzene rings is 5. The van der Waals surface area contributed by atoms with Crippen LogP contribution < -0.4 is 32.9 Å². The number of methoxy groups -OCH3 is 3. The first-order valence-electron chi connectivity index (χ1n) is 17.7. The van der Waals surface area contributed by atoms with Crippen LogP contribution in [0.5, 0.6) is 23.0 Å². The number of ether oxygens (including phenoxy) is 3. The highest BCUT2D eigenvalue weighted by molar-refractivity contribution is 7.93. The first-order valence-corrected chi connectivity index (χ1v) is 22.1. The number of aromatic hydroxyl groups is 1. The predicted molar refractivity (Wildman–Crippen MR) is 217 cm³/mol. The summed E-state index contributed by atoms with van der Waals surface area (Å²) in [6.45, 7) is 0.830. The number of nitrogens with one attached hydrogen (secondary N) is 2. The Balaban J connectivity index is 1.43. The highest BCUT2D eigenvalue weighted by atomic mass is 32.2. The van der Waals surface area contributed by atoms with Crippen molar-refractivity contribution < 1.29 is 54.2 Å². The van der Waals surface area contributed by atoms with Gasteiger partial charge in [-0.2, -0.15) is 0 Å².